The molecule has 0 aromatic heterocycles. The average molecular weight is 320 g/mol. The first kappa shape index (κ1) is 17.6. The van der Waals surface area contributed by atoms with Crippen molar-refractivity contribution in [3.63, 3.8) is 0 Å². The van der Waals surface area contributed by atoms with Crippen LogP contribution in [0.25, 0.3) is 0 Å². The minimum atomic E-state index is -0.0899. The van der Waals surface area contributed by atoms with Gasteiger partial charge in [0, 0.05) is 26.1 Å². The molecule has 0 aliphatic carbocycles. The first-order valence-electron chi connectivity index (χ1n) is 8.27. The summed E-state index contributed by atoms with van der Waals surface area (Å²) in [5, 5.41) is 12.0. The minimum absolute atomic E-state index is 0.00863. The molecule has 0 radical (unpaired) electrons. The van der Waals surface area contributed by atoms with Crippen LogP contribution in [0, 0.1) is 5.41 Å². The summed E-state index contributed by atoms with van der Waals surface area (Å²) in [6.45, 7) is 8.10. The van der Waals surface area contributed by atoms with Crippen molar-refractivity contribution in [2.75, 3.05) is 26.2 Å². The first-order valence-corrected chi connectivity index (χ1v) is 8.27. The maximum absolute atomic E-state index is 12.4. The highest BCUT2D eigenvalue weighted by molar-refractivity contribution is 5.74. The van der Waals surface area contributed by atoms with E-state index in [1.54, 1.807) is 4.90 Å². The molecule has 1 aromatic carbocycles. The molecule has 0 spiro atoms. The van der Waals surface area contributed by atoms with Gasteiger partial charge in [0.25, 0.3) is 0 Å². The molecule has 128 valence electrons. The number of ether oxygens (including phenoxy) is 1. The molecule has 1 aliphatic rings. The second-order valence-corrected chi connectivity index (χ2v) is 7.30. The summed E-state index contributed by atoms with van der Waals surface area (Å²) < 4.78 is 5.85. The van der Waals surface area contributed by atoms with Crippen molar-refractivity contribution < 1.29 is 14.6 Å². The second-order valence-electron chi connectivity index (χ2n) is 7.30. The lowest BCUT2D eigenvalue weighted by Gasteiger charge is -2.30. The fourth-order valence-corrected chi connectivity index (χ4v) is 2.77. The smallest absolute Gasteiger partial charge is 0.317 e. The van der Waals surface area contributed by atoms with Crippen LogP contribution in [0.3, 0.4) is 0 Å². The van der Waals surface area contributed by atoms with Crippen LogP contribution in [0.4, 0.5) is 4.79 Å². The highest BCUT2D eigenvalue weighted by Gasteiger charge is 2.25. The van der Waals surface area contributed by atoms with Crippen molar-refractivity contribution >= 4 is 6.03 Å². The van der Waals surface area contributed by atoms with E-state index in [0.717, 1.165) is 12.2 Å². The van der Waals surface area contributed by atoms with E-state index < -0.39 is 0 Å². The fraction of sp³-hybridized carbons (Fsp3) is 0.611. The lowest BCUT2D eigenvalue weighted by molar-refractivity contribution is 0.158. The van der Waals surface area contributed by atoms with E-state index in [-0.39, 0.29) is 24.2 Å². The molecule has 2 rings (SSSR count). The van der Waals surface area contributed by atoms with Gasteiger partial charge in [-0.1, -0.05) is 39.0 Å². The van der Waals surface area contributed by atoms with E-state index in [4.69, 9.17) is 9.84 Å². The van der Waals surface area contributed by atoms with E-state index in [1.165, 1.54) is 5.56 Å². The van der Waals surface area contributed by atoms with Gasteiger partial charge in [-0.3, -0.25) is 0 Å². The molecule has 23 heavy (non-hydrogen) atoms. The van der Waals surface area contributed by atoms with Gasteiger partial charge in [0.15, 0.2) is 0 Å². The number of carbonyl (C=O) groups is 1. The molecule has 5 nitrogen and oxygen atoms in total. The summed E-state index contributed by atoms with van der Waals surface area (Å²) in [6.07, 6.45) is 1.41. The predicted octanol–water partition coefficient (Wildman–Crippen LogP) is 2.43. The zero-order valence-corrected chi connectivity index (χ0v) is 14.3. The number of nitrogens with zero attached hydrogens (tertiary/aromatic N) is 1. The van der Waals surface area contributed by atoms with Crippen LogP contribution in [0.15, 0.2) is 24.3 Å². The van der Waals surface area contributed by atoms with Crippen LogP contribution >= 0.6 is 0 Å². The van der Waals surface area contributed by atoms with E-state index >= 15 is 0 Å². The third-order valence-corrected chi connectivity index (χ3v) is 3.73. The standard InChI is InChI=1S/C18H28N2O3/c1-18(2,3)13-20(9-6-10-21)17(22)19-12-15-11-14-7-4-5-8-16(14)23-15/h4-5,7-8,15,21H,6,9-13H2,1-3H3,(H,19,22). The Labute approximate surface area is 138 Å². The van der Waals surface area contributed by atoms with Crippen LogP contribution in [-0.2, 0) is 6.42 Å². The van der Waals surface area contributed by atoms with Crippen molar-refractivity contribution in [3.8, 4) is 5.75 Å². The normalized spacial score (nSPS) is 16.6. The second kappa shape index (κ2) is 7.68. The Morgan fingerprint density at radius 2 is 2.13 bits per heavy atom. The van der Waals surface area contributed by atoms with E-state index in [2.05, 4.69) is 32.2 Å². The van der Waals surface area contributed by atoms with Crippen molar-refractivity contribution in [2.45, 2.75) is 39.7 Å². The molecule has 0 bridgehead atoms. The molecular formula is C18H28N2O3. The summed E-state index contributed by atoms with van der Waals surface area (Å²) in [5.41, 5.74) is 1.21. The van der Waals surface area contributed by atoms with Gasteiger partial charge >= 0.3 is 6.03 Å². The Hall–Kier alpha value is -1.75. The molecule has 2 N–H and O–H groups in total. The van der Waals surface area contributed by atoms with Crippen molar-refractivity contribution in [1.82, 2.24) is 10.2 Å². The van der Waals surface area contributed by atoms with Gasteiger partial charge in [0.2, 0.25) is 0 Å². The van der Waals surface area contributed by atoms with Gasteiger partial charge in [-0.2, -0.15) is 0 Å². The summed E-state index contributed by atoms with van der Waals surface area (Å²) in [5.74, 6) is 0.915. The quantitative estimate of drug-likeness (QED) is 0.846. The van der Waals surface area contributed by atoms with Gasteiger partial charge in [0.1, 0.15) is 11.9 Å². The number of urea groups is 1. The van der Waals surface area contributed by atoms with E-state index in [1.807, 2.05) is 18.2 Å². The molecular weight excluding hydrogens is 292 g/mol. The zero-order chi connectivity index (χ0) is 16.9. The number of aliphatic hydroxyl groups excluding tert-OH is 1. The molecule has 1 heterocycles. The van der Waals surface area contributed by atoms with Gasteiger partial charge in [-0.25, -0.2) is 4.79 Å². The summed E-state index contributed by atoms with van der Waals surface area (Å²) >= 11 is 0. The average Bonchev–Trinajstić information content (AvgIpc) is 2.90. The van der Waals surface area contributed by atoms with Crippen LogP contribution < -0.4 is 10.1 Å². The molecule has 1 unspecified atom stereocenters. The van der Waals surface area contributed by atoms with Crippen LogP contribution in [0.5, 0.6) is 5.75 Å². The van der Waals surface area contributed by atoms with E-state index in [9.17, 15) is 4.79 Å². The largest absolute Gasteiger partial charge is 0.488 e. The van der Waals surface area contributed by atoms with Crippen LogP contribution in [-0.4, -0.2) is 48.4 Å². The fourth-order valence-electron chi connectivity index (χ4n) is 2.77. The highest BCUT2D eigenvalue weighted by Crippen LogP contribution is 2.27. The molecule has 0 saturated carbocycles. The Bertz CT molecular complexity index is 500. The number of carbonyl (C=O) groups excluding carboxylic acids is 1. The van der Waals surface area contributed by atoms with E-state index in [0.29, 0.717) is 26.1 Å². The number of nitrogens with one attached hydrogen (secondary N) is 1. The maximum Gasteiger partial charge on any atom is 0.317 e. The molecule has 2 amide bonds. The van der Waals surface area contributed by atoms with Crippen molar-refractivity contribution in [1.29, 1.82) is 0 Å². The summed E-state index contributed by atoms with van der Waals surface area (Å²) in [4.78, 5) is 14.2. The molecule has 5 heteroatoms. The number of amides is 2. The number of hydrogen-bond acceptors (Lipinski definition) is 3. The Morgan fingerprint density at radius 1 is 1.39 bits per heavy atom. The molecule has 1 aromatic rings. The number of rotatable bonds is 6. The van der Waals surface area contributed by atoms with Gasteiger partial charge in [-0.15, -0.1) is 0 Å². The Balaban J connectivity index is 1.84. The number of aliphatic hydroxyl groups is 1. The van der Waals surface area contributed by atoms with Crippen LogP contribution in [0.1, 0.15) is 32.8 Å². The van der Waals surface area contributed by atoms with Gasteiger partial charge in [-0.05, 0) is 23.5 Å². The zero-order valence-electron chi connectivity index (χ0n) is 14.3. The summed E-state index contributed by atoms with van der Waals surface area (Å²) in [6, 6.07) is 7.89. The third kappa shape index (κ3) is 5.43. The number of para-hydroxylation sites is 1. The lowest BCUT2D eigenvalue weighted by Crippen LogP contribution is -2.47. The number of benzene rings is 1. The monoisotopic (exact) mass is 320 g/mol. The third-order valence-electron chi connectivity index (χ3n) is 3.73. The van der Waals surface area contributed by atoms with Crippen LogP contribution in [0.2, 0.25) is 0 Å². The Morgan fingerprint density at radius 3 is 2.78 bits per heavy atom. The highest BCUT2D eigenvalue weighted by atomic mass is 16.5. The topological polar surface area (TPSA) is 61.8 Å². The minimum Gasteiger partial charge on any atom is -0.488 e. The molecule has 0 fully saturated rings. The maximum atomic E-state index is 12.4. The SMILES string of the molecule is CC(C)(C)CN(CCCO)C(=O)NCC1Cc2ccccc2O1. The Kier molecular flexibility index (Phi) is 5.88. The van der Waals surface area contributed by atoms with Crippen molar-refractivity contribution in [2.24, 2.45) is 5.41 Å². The first-order chi connectivity index (χ1) is 10.9. The molecule has 0 saturated heterocycles. The lowest BCUT2D eigenvalue weighted by atomic mass is 9.96. The van der Waals surface area contributed by atoms with Gasteiger partial charge in [0.05, 0.1) is 6.54 Å². The number of fused-ring (bicyclic) bond motifs is 1. The van der Waals surface area contributed by atoms with Crippen molar-refractivity contribution in [3.05, 3.63) is 29.8 Å². The number of hydrogen-bond donors (Lipinski definition) is 2. The van der Waals surface area contributed by atoms with Gasteiger partial charge < -0.3 is 20.1 Å². The summed E-state index contributed by atoms with van der Waals surface area (Å²) in [7, 11) is 0. The molecule has 1 aliphatic heterocycles. The molecule has 1 atom stereocenters. The predicted molar refractivity (Wildman–Crippen MR) is 90.7 cm³/mol.